The summed E-state index contributed by atoms with van der Waals surface area (Å²) in [5.41, 5.74) is 3.75. The Morgan fingerprint density at radius 1 is 1.34 bits per heavy atom. The molecule has 2 heterocycles. The van der Waals surface area contributed by atoms with Crippen molar-refractivity contribution in [1.29, 1.82) is 5.26 Å². The van der Waals surface area contributed by atoms with Gasteiger partial charge < -0.3 is 19.3 Å². The zero-order valence-electron chi connectivity index (χ0n) is 21.2. The molecular formula is C26H29N5O6S. The smallest absolute Gasteiger partial charge is 0.258 e. The van der Waals surface area contributed by atoms with E-state index >= 15 is 0 Å². The van der Waals surface area contributed by atoms with Crippen LogP contribution in [-0.2, 0) is 14.8 Å². The van der Waals surface area contributed by atoms with Gasteiger partial charge in [-0.2, -0.15) is 10.2 Å². The standard InChI is InChI=1S/C26H29N5O6S/c1-15(2)36-23-9-6-16(10-17(23)11-27)26-28-25(29-37-26)21-5-3-4-20-19(21)7-8-22(20)30-38(34,35)14-24(33)31-12-18(32)13-31/h5-6,9-10,15,18,22,30,32H,3-4,7-8,12-14H2,1-2H3. The minimum Gasteiger partial charge on any atom is -0.490 e. The first-order chi connectivity index (χ1) is 18.1. The lowest BCUT2D eigenvalue weighted by Gasteiger charge is -2.35. The Morgan fingerprint density at radius 3 is 2.84 bits per heavy atom. The number of hydrogen-bond acceptors (Lipinski definition) is 9. The Bertz CT molecular complexity index is 1460. The van der Waals surface area contributed by atoms with Crippen molar-refractivity contribution in [3.8, 4) is 23.3 Å². The monoisotopic (exact) mass is 539 g/mol. The van der Waals surface area contributed by atoms with E-state index < -0.39 is 33.8 Å². The topological polar surface area (TPSA) is 159 Å². The third-order valence-electron chi connectivity index (χ3n) is 6.81. The molecule has 1 aliphatic heterocycles. The molecule has 0 bridgehead atoms. The number of nitriles is 1. The van der Waals surface area contributed by atoms with Crippen molar-refractivity contribution in [2.24, 2.45) is 0 Å². The molecule has 1 amide bonds. The van der Waals surface area contributed by atoms with Gasteiger partial charge in [0.05, 0.1) is 17.8 Å². The van der Waals surface area contributed by atoms with Gasteiger partial charge in [0.1, 0.15) is 17.6 Å². The maximum absolute atomic E-state index is 12.7. The van der Waals surface area contributed by atoms with Gasteiger partial charge in [-0.1, -0.05) is 11.2 Å². The minimum atomic E-state index is -3.85. The van der Waals surface area contributed by atoms with Crippen LogP contribution in [0.1, 0.15) is 50.9 Å². The maximum Gasteiger partial charge on any atom is 0.258 e. The van der Waals surface area contributed by atoms with E-state index in [9.17, 15) is 23.6 Å². The number of hydrogen-bond donors (Lipinski definition) is 2. The van der Waals surface area contributed by atoms with Crippen LogP contribution in [0.2, 0.25) is 0 Å². The third-order valence-corrected chi connectivity index (χ3v) is 8.08. The zero-order chi connectivity index (χ0) is 27.0. The molecular weight excluding hydrogens is 510 g/mol. The van der Waals surface area contributed by atoms with Gasteiger partial charge in [0.25, 0.3) is 5.89 Å². The van der Waals surface area contributed by atoms with Gasteiger partial charge in [-0.15, -0.1) is 0 Å². The number of aromatic nitrogens is 2. The molecule has 38 heavy (non-hydrogen) atoms. The summed E-state index contributed by atoms with van der Waals surface area (Å²) in [5, 5.41) is 23.1. The van der Waals surface area contributed by atoms with Crippen LogP contribution in [0.4, 0.5) is 0 Å². The quantitative estimate of drug-likeness (QED) is 0.512. The molecule has 1 atom stereocenters. The van der Waals surface area contributed by atoms with Gasteiger partial charge in [-0.3, -0.25) is 4.79 Å². The molecule has 2 N–H and O–H groups in total. The number of amides is 1. The molecule has 2 aliphatic carbocycles. The highest BCUT2D eigenvalue weighted by Gasteiger charge is 2.36. The van der Waals surface area contributed by atoms with Gasteiger partial charge in [0.2, 0.25) is 21.8 Å². The lowest BCUT2D eigenvalue weighted by atomic mass is 9.91. The number of carbonyl (C=O) groups excluding carboxylic acids is 1. The van der Waals surface area contributed by atoms with Crippen LogP contribution in [0, 0.1) is 11.3 Å². The molecule has 12 heteroatoms. The molecule has 0 spiro atoms. The lowest BCUT2D eigenvalue weighted by molar-refractivity contribution is -0.138. The Balaban J connectivity index is 1.31. The minimum absolute atomic E-state index is 0.0709. The Morgan fingerprint density at radius 2 is 2.13 bits per heavy atom. The van der Waals surface area contributed by atoms with Crippen LogP contribution in [0.5, 0.6) is 5.75 Å². The molecule has 3 aliphatic rings. The predicted octanol–water partition coefficient (Wildman–Crippen LogP) is 2.15. The average Bonchev–Trinajstić information content (AvgIpc) is 3.49. The number of benzene rings is 1. The Kier molecular flexibility index (Phi) is 7.09. The van der Waals surface area contributed by atoms with E-state index in [1.54, 1.807) is 18.2 Å². The molecule has 11 nitrogen and oxygen atoms in total. The molecule has 1 aromatic heterocycles. The van der Waals surface area contributed by atoms with Crippen LogP contribution in [-0.4, -0.2) is 71.6 Å². The number of aliphatic hydroxyl groups is 1. The second-order valence-electron chi connectivity index (χ2n) is 9.99. The van der Waals surface area contributed by atoms with Crippen molar-refractivity contribution >= 4 is 21.5 Å². The highest BCUT2D eigenvalue weighted by atomic mass is 32.2. The van der Waals surface area contributed by atoms with Crippen molar-refractivity contribution in [1.82, 2.24) is 19.8 Å². The highest BCUT2D eigenvalue weighted by Crippen LogP contribution is 2.42. The van der Waals surface area contributed by atoms with Gasteiger partial charge >= 0.3 is 0 Å². The van der Waals surface area contributed by atoms with E-state index in [1.807, 2.05) is 19.9 Å². The summed E-state index contributed by atoms with van der Waals surface area (Å²) in [6.45, 7) is 4.11. The predicted molar refractivity (Wildman–Crippen MR) is 137 cm³/mol. The van der Waals surface area contributed by atoms with Crippen LogP contribution in [0.15, 0.2) is 39.9 Å². The molecule has 0 saturated carbocycles. The molecule has 1 fully saturated rings. The third kappa shape index (κ3) is 5.36. The van der Waals surface area contributed by atoms with E-state index in [4.69, 9.17) is 9.26 Å². The second kappa shape index (κ2) is 10.3. The van der Waals surface area contributed by atoms with E-state index in [-0.39, 0.29) is 25.1 Å². The number of sulfonamides is 1. The Hall–Kier alpha value is -3.53. The molecule has 200 valence electrons. The second-order valence-corrected chi connectivity index (χ2v) is 11.7. The van der Waals surface area contributed by atoms with Crippen molar-refractivity contribution in [2.75, 3.05) is 18.8 Å². The van der Waals surface area contributed by atoms with Gasteiger partial charge in [0.15, 0.2) is 0 Å². The van der Waals surface area contributed by atoms with Crippen molar-refractivity contribution in [2.45, 2.75) is 57.8 Å². The molecule has 1 unspecified atom stereocenters. The van der Waals surface area contributed by atoms with Crippen LogP contribution >= 0.6 is 0 Å². The van der Waals surface area contributed by atoms with Crippen molar-refractivity contribution in [3.63, 3.8) is 0 Å². The molecule has 5 rings (SSSR count). The number of rotatable bonds is 8. The van der Waals surface area contributed by atoms with Gasteiger partial charge in [-0.25, -0.2) is 13.1 Å². The fourth-order valence-corrected chi connectivity index (χ4v) is 6.33. The van der Waals surface area contributed by atoms with E-state index in [0.717, 1.165) is 16.7 Å². The summed E-state index contributed by atoms with van der Waals surface area (Å²) in [6, 6.07) is 6.86. The average molecular weight is 540 g/mol. The lowest BCUT2D eigenvalue weighted by Crippen LogP contribution is -2.55. The number of ether oxygens (including phenoxy) is 1. The maximum atomic E-state index is 12.7. The highest BCUT2D eigenvalue weighted by molar-refractivity contribution is 7.90. The largest absolute Gasteiger partial charge is 0.490 e. The fourth-order valence-electron chi connectivity index (χ4n) is 5.05. The number of aliphatic hydroxyl groups excluding tert-OH is 1. The molecule has 2 aromatic rings. The van der Waals surface area contributed by atoms with Crippen molar-refractivity contribution < 1.29 is 27.6 Å². The summed E-state index contributed by atoms with van der Waals surface area (Å²) < 4.78 is 39.3. The van der Waals surface area contributed by atoms with E-state index in [1.165, 1.54) is 4.90 Å². The number of allylic oxidation sites excluding steroid dienone is 3. The number of carbonyl (C=O) groups is 1. The van der Waals surface area contributed by atoms with Gasteiger partial charge in [0, 0.05) is 30.3 Å². The summed E-state index contributed by atoms with van der Waals surface area (Å²) >= 11 is 0. The summed E-state index contributed by atoms with van der Waals surface area (Å²) in [6.07, 6.45) is 3.99. The molecule has 1 aromatic carbocycles. The van der Waals surface area contributed by atoms with Crippen LogP contribution in [0.3, 0.4) is 0 Å². The summed E-state index contributed by atoms with van der Waals surface area (Å²) in [4.78, 5) is 18.1. The summed E-state index contributed by atoms with van der Waals surface area (Å²) in [5.74, 6) is 0.0113. The fraction of sp³-hybridized carbons (Fsp3) is 0.462. The number of nitrogens with zero attached hydrogens (tertiary/aromatic N) is 4. The SMILES string of the molecule is CC(C)Oc1ccc(-c2nc(C3=CCCC4=C3CCC4NS(=O)(=O)CC(=O)N3CC(O)C3)no2)cc1C#N. The number of nitrogens with one attached hydrogen (secondary N) is 1. The molecule has 0 radical (unpaired) electrons. The number of β-amino-alcohol motifs (C(OH)–C–C–N with tert-alkyl or cyclic N) is 1. The van der Waals surface area contributed by atoms with Crippen LogP contribution in [0.25, 0.3) is 17.0 Å². The first-order valence-electron chi connectivity index (χ1n) is 12.6. The zero-order valence-corrected chi connectivity index (χ0v) is 22.0. The molecule has 1 saturated heterocycles. The first-order valence-corrected chi connectivity index (χ1v) is 14.2. The van der Waals surface area contributed by atoms with E-state index in [2.05, 4.69) is 20.9 Å². The number of likely N-dealkylation sites (tertiary alicyclic amines) is 1. The van der Waals surface area contributed by atoms with E-state index in [0.29, 0.717) is 48.4 Å². The van der Waals surface area contributed by atoms with Gasteiger partial charge in [-0.05, 0) is 68.9 Å². The Labute approximate surface area is 220 Å². The van der Waals surface area contributed by atoms with Crippen molar-refractivity contribution in [3.05, 3.63) is 46.8 Å². The first kappa shape index (κ1) is 26.1. The normalized spacial score (nSPS) is 19.7. The van der Waals surface area contributed by atoms with Crippen LogP contribution < -0.4 is 9.46 Å². The summed E-state index contributed by atoms with van der Waals surface area (Å²) in [7, 11) is -3.85.